The van der Waals surface area contributed by atoms with E-state index in [1.807, 2.05) is 38.3 Å². The first kappa shape index (κ1) is 20.4. The Hall–Kier alpha value is -2.65. The topological polar surface area (TPSA) is 43.8 Å². The van der Waals surface area contributed by atoms with Crippen LogP contribution in [0, 0.1) is 0 Å². The lowest BCUT2D eigenvalue weighted by molar-refractivity contribution is 0.989. The summed E-state index contributed by atoms with van der Waals surface area (Å²) in [6.07, 6.45) is 9.67. The van der Waals surface area contributed by atoms with Crippen molar-refractivity contribution in [3.05, 3.63) is 73.0 Å². The molecule has 3 nitrogen and oxygen atoms in total. The predicted molar refractivity (Wildman–Crippen MR) is 113 cm³/mol. The van der Waals surface area contributed by atoms with E-state index in [-0.39, 0.29) is 0 Å². The number of aryl methyl sites for hydroxylation is 1. The molecule has 0 bridgehead atoms. The van der Waals surface area contributed by atoms with E-state index >= 15 is 0 Å². The van der Waals surface area contributed by atoms with Gasteiger partial charge in [-0.3, -0.25) is 0 Å². The third-order valence-electron chi connectivity index (χ3n) is 3.80. The second kappa shape index (κ2) is 10.3. The quantitative estimate of drug-likeness (QED) is 0.645. The van der Waals surface area contributed by atoms with Crippen LogP contribution in [0.5, 0.6) is 0 Å². The molecule has 0 aliphatic rings. The summed E-state index contributed by atoms with van der Waals surface area (Å²) in [6.45, 7) is 9.81. The van der Waals surface area contributed by atoms with E-state index in [2.05, 4.69) is 66.2 Å². The molecule has 0 spiro atoms. The molecule has 3 rings (SSSR count). The summed E-state index contributed by atoms with van der Waals surface area (Å²) in [5.74, 6) is 0. The molecule has 0 amide bonds. The lowest BCUT2D eigenvalue weighted by Gasteiger charge is -2.02. The lowest BCUT2D eigenvalue weighted by atomic mass is 10.0. The monoisotopic (exact) mass is 335 g/mol. The van der Waals surface area contributed by atoms with Gasteiger partial charge in [0.1, 0.15) is 5.65 Å². The smallest absolute Gasteiger partial charge is 0.140 e. The van der Waals surface area contributed by atoms with Crippen LogP contribution in [0.25, 0.3) is 27.5 Å². The van der Waals surface area contributed by atoms with Gasteiger partial charge in [0.25, 0.3) is 0 Å². The van der Waals surface area contributed by atoms with Crippen molar-refractivity contribution in [1.29, 1.82) is 0 Å². The summed E-state index contributed by atoms with van der Waals surface area (Å²) >= 11 is 0. The fraction of sp³-hybridized carbons (Fsp3) is 0.227. The Balaban J connectivity index is 0.000000730. The first-order valence-corrected chi connectivity index (χ1v) is 8.59. The number of benzene rings is 1. The van der Waals surface area contributed by atoms with Crippen molar-refractivity contribution in [3.8, 4) is 0 Å². The van der Waals surface area contributed by atoms with Crippen LogP contribution in [0.15, 0.2) is 67.4 Å². The van der Waals surface area contributed by atoms with E-state index in [1.54, 1.807) is 6.08 Å². The van der Waals surface area contributed by atoms with Crippen LogP contribution in [0.4, 0.5) is 0 Å². The molecule has 0 radical (unpaired) electrons. The maximum absolute atomic E-state index is 4.50. The molecule has 0 fully saturated rings. The van der Waals surface area contributed by atoms with Crippen molar-refractivity contribution in [2.24, 2.45) is 12.8 Å². The van der Waals surface area contributed by atoms with Gasteiger partial charge < -0.3 is 10.3 Å². The van der Waals surface area contributed by atoms with Crippen molar-refractivity contribution in [3.63, 3.8) is 0 Å². The molecule has 1 aromatic carbocycles. The molecule has 0 saturated carbocycles. The standard InChI is InChI=1S/C19H18N2.C2H6.CH5N/c1-4-5-6-8-14(2)15-10-11-18-17(13-15)16-9-7-12-20-19(16)21(18)3;2*1-2/h4-13H,1H2,2-3H3;1-2H3;2H2,1H3/b6-5-,14-8+;;. The fourth-order valence-corrected chi connectivity index (χ4v) is 2.65. The van der Waals surface area contributed by atoms with Gasteiger partial charge in [-0.15, -0.1) is 0 Å². The van der Waals surface area contributed by atoms with Crippen LogP contribution in [-0.2, 0) is 7.05 Å². The van der Waals surface area contributed by atoms with Crippen molar-refractivity contribution in [2.45, 2.75) is 20.8 Å². The minimum absolute atomic E-state index is 1.03. The molecule has 0 saturated heterocycles. The number of hydrogen-bond acceptors (Lipinski definition) is 2. The van der Waals surface area contributed by atoms with Crippen LogP contribution in [0.2, 0.25) is 0 Å². The van der Waals surface area contributed by atoms with Crippen LogP contribution in [0.1, 0.15) is 26.3 Å². The maximum atomic E-state index is 4.50. The van der Waals surface area contributed by atoms with Crippen LogP contribution >= 0.6 is 0 Å². The molecule has 0 aliphatic heterocycles. The zero-order valence-corrected chi connectivity index (χ0v) is 16.0. The third-order valence-corrected chi connectivity index (χ3v) is 3.80. The van der Waals surface area contributed by atoms with Gasteiger partial charge in [-0.05, 0) is 49.4 Å². The molecule has 25 heavy (non-hydrogen) atoms. The van der Waals surface area contributed by atoms with Crippen molar-refractivity contribution < 1.29 is 0 Å². The zero-order chi connectivity index (χ0) is 18.8. The van der Waals surface area contributed by atoms with Gasteiger partial charge >= 0.3 is 0 Å². The first-order valence-electron chi connectivity index (χ1n) is 8.59. The van der Waals surface area contributed by atoms with Crippen molar-refractivity contribution in [1.82, 2.24) is 9.55 Å². The number of nitrogens with two attached hydrogens (primary N) is 1. The van der Waals surface area contributed by atoms with E-state index in [9.17, 15) is 0 Å². The minimum Gasteiger partial charge on any atom is -0.333 e. The molecule has 2 aromatic heterocycles. The van der Waals surface area contributed by atoms with Crippen LogP contribution < -0.4 is 5.73 Å². The van der Waals surface area contributed by atoms with Gasteiger partial charge in [-0.1, -0.05) is 50.8 Å². The van der Waals surface area contributed by atoms with E-state index in [0.717, 1.165) is 5.65 Å². The van der Waals surface area contributed by atoms with E-state index < -0.39 is 0 Å². The highest BCUT2D eigenvalue weighted by molar-refractivity contribution is 6.07. The SMILES string of the molecule is C=C/C=C\C=C(/C)c1ccc2c(c1)c1cccnc1n2C.CC.CN. The second-order valence-corrected chi connectivity index (χ2v) is 5.14. The van der Waals surface area contributed by atoms with Gasteiger partial charge in [0.05, 0.1) is 5.52 Å². The van der Waals surface area contributed by atoms with E-state index in [4.69, 9.17) is 0 Å². The number of allylic oxidation sites excluding steroid dienone is 5. The average molecular weight is 335 g/mol. The molecular formula is C22H29N3. The summed E-state index contributed by atoms with van der Waals surface area (Å²) in [6, 6.07) is 10.7. The highest BCUT2D eigenvalue weighted by Crippen LogP contribution is 2.29. The van der Waals surface area contributed by atoms with E-state index in [0.29, 0.717) is 0 Å². The van der Waals surface area contributed by atoms with Gasteiger partial charge in [0.15, 0.2) is 0 Å². The summed E-state index contributed by atoms with van der Waals surface area (Å²) in [5, 5.41) is 2.45. The molecule has 0 atom stereocenters. The number of rotatable bonds is 3. The molecule has 3 heteroatoms. The maximum Gasteiger partial charge on any atom is 0.140 e. The number of pyridine rings is 1. The van der Waals surface area contributed by atoms with Gasteiger partial charge in [0.2, 0.25) is 0 Å². The normalized spacial score (nSPS) is 11.0. The molecule has 2 heterocycles. The van der Waals surface area contributed by atoms with Gasteiger partial charge in [-0.25, -0.2) is 4.98 Å². The second-order valence-electron chi connectivity index (χ2n) is 5.14. The minimum atomic E-state index is 1.03. The number of nitrogens with zero attached hydrogens (tertiary/aromatic N) is 2. The Morgan fingerprint density at radius 3 is 2.52 bits per heavy atom. The largest absolute Gasteiger partial charge is 0.333 e. The Kier molecular flexibility index (Phi) is 8.37. The number of hydrogen-bond donors (Lipinski definition) is 1. The zero-order valence-electron chi connectivity index (χ0n) is 16.0. The molecule has 2 N–H and O–H groups in total. The van der Waals surface area contributed by atoms with Gasteiger partial charge in [-0.2, -0.15) is 0 Å². The highest BCUT2D eigenvalue weighted by atomic mass is 15.0. The van der Waals surface area contributed by atoms with Crippen molar-refractivity contribution >= 4 is 27.5 Å². The van der Waals surface area contributed by atoms with Crippen LogP contribution in [0.3, 0.4) is 0 Å². The summed E-state index contributed by atoms with van der Waals surface area (Å²) in [4.78, 5) is 4.48. The Morgan fingerprint density at radius 2 is 1.84 bits per heavy atom. The Morgan fingerprint density at radius 1 is 1.12 bits per heavy atom. The highest BCUT2D eigenvalue weighted by Gasteiger charge is 2.09. The Labute approximate surface area is 151 Å². The van der Waals surface area contributed by atoms with E-state index in [1.165, 1.54) is 34.5 Å². The molecule has 0 unspecified atom stereocenters. The molecular weight excluding hydrogens is 306 g/mol. The summed E-state index contributed by atoms with van der Waals surface area (Å²) < 4.78 is 2.14. The summed E-state index contributed by atoms with van der Waals surface area (Å²) in [7, 11) is 3.56. The Bertz CT molecular complexity index is 883. The van der Waals surface area contributed by atoms with Crippen molar-refractivity contribution in [2.75, 3.05) is 7.05 Å². The lowest BCUT2D eigenvalue weighted by Crippen LogP contribution is -1.88. The number of fused-ring (bicyclic) bond motifs is 3. The first-order chi connectivity index (χ1) is 12.2. The molecule has 0 aliphatic carbocycles. The molecule has 3 aromatic rings. The summed E-state index contributed by atoms with van der Waals surface area (Å²) in [5.41, 5.74) is 9.20. The third kappa shape index (κ3) is 4.46. The van der Waals surface area contributed by atoms with Gasteiger partial charge in [0, 0.05) is 24.0 Å². The average Bonchev–Trinajstić information content (AvgIpc) is 2.97. The fourth-order valence-electron chi connectivity index (χ4n) is 2.65. The molecule has 132 valence electrons. The number of aromatic nitrogens is 2. The predicted octanol–water partition coefficient (Wildman–Crippen LogP) is 5.47. The van der Waals surface area contributed by atoms with Crippen LogP contribution in [-0.4, -0.2) is 16.6 Å².